The molecule has 1 unspecified atom stereocenters. The number of hydrogen-bond donors (Lipinski definition) is 0. The molecule has 0 saturated carbocycles. The number of nitrogens with zero attached hydrogens (tertiary/aromatic N) is 1. The summed E-state index contributed by atoms with van der Waals surface area (Å²) in [5.41, 5.74) is 2.16. The minimum absolute atomic E-state index is 0. The summed E-state index contributed by atoms with van der Waals surface area (Å²) in [6.45, 7) is 4.33. The second kappa shape index (κ2) is 10.5. The summed E-state index contributed by atoms with van der Waals surface area (Å²) in [4.78, 5) is 2.25. The SMILES string of the molecule is COc1cccc([C@@H](C)CCC2COCCN2c2ccc(OC)c(F)c2)c1.Cl. The van der Waals surface area contributed by atoms with Crippen LogP contribution in [0.1, 0.15) is 31.2 Å². The van der Waals surface area contributed by atoms with Crippen molar-refractivity contribution in [3.63, 3.8) is 0 Å². The number of morpholine rings is 1. The quantitative estimate of drug-likeness (QED) is 0.640. The van der Waals surface area contributed by atoms with E-state index in [0.717, 1.165) is 30.8 Å². The molecule has 2 aromatic carbocycles. The van der Waals surface area contributed by atoms with Crippen LogP contribution in [-0.2, 0) is 4.74 Å². The Labute approximate surface area is 173 Å². The summed E-state index contributed by atoms with van der Waals surface area (Å²) in [5, 5.41) is 0. The Balaban J connectivity index is 0.00000280. The standard InChI is InChI=1S/C22H28FNO3.ClH/c1-16(17-5-4-6-20(13-17)25-2)7-8-19-15-27-12-11-24(19)18-9-10-22(26-3)21(23)14-18;/h4-6,9-10,13-14,16,19H,7-8,11-12,15H2,1-3H3;1H/t16-,19?;/m0./s1. The van der Waals surface area contributed by atoms with E-state index in [0.29, 0.717) is 19.1 Å². The number of halogens is 2. The first kappa shape index (κ1) is 22.3. The zero-order valence-electron chi connectivity index (χ0n) is 16.7. The number of methoxy groups -OCH3 is 2. The Morgan fingerprint density at radius 2 is 2.00 bits per heavy atom. The van der Waals surface area contributed by atoms with E-state index in [1.165, 1.54) is 12.7 Å². The summed E-state index contributed by atoms with van der Waals surface area (Å²) in [6, 6.07) is 13.6. The van der Waals surface area contributed by atoms with E-state index >= 15 is 0 Å². The lowest BCUT2D eigenvalue weighted by Gasteiger charge is -2.38. The van der Waals surface area contributed by atoms with Crippen LogP contribution in [0.3, 0.4) is 0 Å². The predicted molar refractivity (Wildman–Crippen MR) is 113 cm³/mol. The molecule has 0 amide bonds. The minimum atomic E-state index is -0.329. The Morgan fingerprint density at radius 1 is 1.18 bits per heavy atom. The lowest BCUT2D eigenvalue weighted by molar-refractivity contribution is 0.0904. The summed E-state index contributed by atoms with van der Waals surface area (Å²) >= 11 is 0. The molecule has 2 atom stereocenters. The van der Waals surface area contributed by atoms with Crippen molar-refractivity contribution in [2.45, 2.75) is 31.7 Å². The number of benzene rings is 2. The van der Waals surface area contributed by atoms with Crippen molar-refractivity contribution < 1.29 is 18.6 Å². The average Bonchev–Trinajstić information content (AvgIpc) is 2.72. The predicted octanol–water partition coefficient (Wildman–Crippen LogP) is 5.05. The van der Waals surface area contributed by atoms with Gasteiger partial charge in [-0.25, -0.2) is 4.39 Å². The molecule has 1 fully saturated rings. The first-order valence-corrected chi connectivity index (χ1v) is 9.44. The molecule has 3 rings (SSSR count). The van der Waals surface area contributed by atoms with Gasteiger partial charge >= 0.3 is 0 Å². The molecule has 0 radical (unpaired) electrons. The molecule has 0 aliphatic carbocycles. The third-order valence-electron chi connectivity index (χ3n) is 5.29. The highest BCUT2D eigenvalue weighted by Gasteiger charge is 2.24. The maximum Gasteiger partial charge on any atom is 0.167 e. The van der Waals surface area contributed by atoms with Crippen LogP contribution < -0.4 is 14.4 Å². The zero-order valence-corrected chi connectivity index (χ0v) is 17.5. The van der Waals surface area contributed by atoms with E-state index in [9.17, 15) is 4.39 Å². The summed E-state index contributed by atoms with van der Waals surface area (Å²) in [5.74, 6) is 1.24. The normalized spacial score (nSPS) is 17.6. The summed E-state index contributed by atoms with van der Waals surface area (Å²) in [7, 11) is 3.17. The van der Waals surface area contributed by atoms with Gasteiger partial charge in [0, 0.05) is 18.3 Å². The van der Waals surface area contributed by atoms with Crippen LogP contribution in [0, 0.1) is 5.82 Å². The average molecular weight is 410 g/mol. The number of hydrogen-bond acceptors (Lipinski definition) is 4. The monoisotopic (exact) mass is 409 g/mol. The fraction of sp³-hybridized carbons (Fsp3) is 0.455. The van der Waals surface area contributed by atoms with Crippen molar-refractivity contribution in [3.05, 3.63) is 53.8 Å². The maximum absolute atomic E-state index is 14.1. The molecule has 0 N–H and O–H groups in total. The highest BCUT2D eigenvalue weighted by molar-refractivity contribution is 5.85. The molecule has 0 bridgehead atoms. The lowest BCUT2D eigenvalue weighted by Crippen LogP contribution is -2.45. The van der Waals surface area contributed by atoms with Crippen LogP contribution in [0.25, 0.3) is 0 Å². The van der Waals surface area contributed by atoms with E-state index in [4.69, 9.17) is 14.2 Å². The van der Waals surface area contributed by atoms with Crippen LogP contribution in [0.2, 0.25) is 0 Å². The molecule has 1 aliphatic heterocycles. The molecule has 6 heteroatoms. The van der Waals surface area contributed by atoms with Crippen molar-refractivity contribution >= 4 is 18.1 Å². The number of rotatable bonds is 7. The van der Waals surface area contributed by atoms with Crippen molar-refractivity contribution in [3.8, 4) is 11.5 Å². The number of anilines is 1. The van der Waals surface area contributed by atoms with E-state index in [1.807, 2.05) is 18.2 Å². The molecule has 0 aromatic heterocycles. The van der Waals surface area contributed by atoms with Gasteiger partial charge in [0.05, 0.1) is 33.5 Å². The van der Waals surface area contributed by atoms with Crippen LogP contribution >= 0.6 is 12.4 Å². The van der Waals surface area contributed by atoms with Gasteiger partial charge in [0.15, 0.2) is 11.6 Å². The van der Waals surface area contributed by atoms with Gasteiger partial charge in [0.25, 0.3) is 0 Å². The van der Waals surface area contributed by atoms with E-state index in [1.54, 1.807) is 19.2 Å². The van der Waals surface area contributed by atoms with E-state index in [2.05, 4.69) is 24.0 Å². The van der Waals surface area contributed by atoms with E-state index in [-0.39, 0.29) is 30.0 Å². The summed E-state index contributed by atoms with van der Waals surface area (Å²) in [6.07, 6.45) is 2.00. The van der Waals surface area contributed by atoms with Gasteiger partial charge < -0.3 is 19.1 Å². The number of ether oxygens (including phenoxy) is 3. The molecule has 1 saturated heterocycles. The zero-order chi connectivity index (χ0) is 19.2. The van der Waals surface area contributed by atoms with Crippen LogP contribution in [0.15, 0.2) is 42.5 Å². The highest BCUT2D eigenvalue weighted by atomic mass is 35.5. The molecule has 1 heterocycles. The minimum Gasteiger partial charge on any atom is -0.497 e. The molecule has 154 valence electrons. The second-order valence-corrected chi connectivity index (χ2v) is 7.00. The lowest BCUT2D eigenvalue weighted by atomic mass is 9.93. The maximum atomic E-state index is 14.1. The van der Waals surface area contributed by atoms with Gasteiger partial charge in [-0.2, -0.15) is 0 Å². The van der Waals surface area contributed by atoms with Crippen LogP contribution in [0.5, 0.6) is 11.5 Å². The molecular weight excluding hydrogens is 381 g/mol. The first-order valence-electron chi connectivity index (χ1n) is 9.44. The van der Waals surface area contributed by atoms with Crippen molar-refractivity contribution in [2.24, 2.45) is 0 Å². The second-order valence-electron chi connectivity index (χ2n) is 7.00. The molecule has 0 spiro atoms. The molecule has 2 aromatic rings. The summed E-state index contributed by atoms with van der Waals surface area (Å²) < 4.78 is 30.2. The van der Waals surface area contributed by atoms with Crippen molar-refractivity contribution in [1.82, 2.24) is 0 Å². The Kier molecular flexibility index (Phi) is 8.39. The topological polar surface area (TPSA) is 30.9 Å². The third kappa shape index (κ3) is 5.30. The molecule has 28 heavy (non-hydrogen) atoms. The first-order chi connectivity index (χ1) is 13.1. The van der Waals surface area contributed by atoms with Gasteiger partial charge in [-0.15, -0.1) is 12.4 Å². The Morgan fingerprint density at radius 3 is 2.71 bits per heavy atom. The van der Waals surface area contributed by atoms with Crippen molar-refractivity contribution in [1.29, 1.82) is 0 Å². The highest BCUT2D eigenvalue weighted by Crippen LogP contribution is 2.30. The van der Waals surface area contributed by atoms with Crippen LogP contribution in [-0.4, -0.2) is 40.0 Å². The molecule has 1 aliphatic rings. The fourth-order valence-electron chi connectivity index (χ4n) is 3.62. The Bertz CT molecular complexity index is 758. The van der Waals surface area contributed by atoms with Gasteiger partial charge in [-0.3, -0.25) is 0 Å². The van der Waals surface area contributed by atoms with Gasteiger partial charge in [-0.1, -0.05) is 19.1 Å². The van der Waals surface area contributed by atoms with Gasteiger partial charge in [0.1, 0.15) is 5.75 Å². The van der Waals surface area contributed by atoms with E-state index < -0.39 is 0 Å². The van der Waals surface area contributed by atoms with Crippen molar-refractivity contribution in [2.75, 3.05) is 38.9 Å². The molecule has 4 nitrogen and oxygen atoms in total. The molecular formula is C22H29ClFNO3. The van der Waals surface area contributed by atoms with Gasteiger partial charge in [0.2, 0.25) is 0 Å². The smallest absolute Gasteiger partial charge is 0.167 e. The third-order valence-corrected chi connectivity index (χ3v) is 5.29. The van der Waals surface area contributed by atoms with Crippen LogP contribution in [0.4, 0.5) is 10.1 Å². The van der Waals surface area contributed by atoms with Gasteiger partial charge in [-0.05, 0) is 48.6 Å². The Hall–Kier alpha value is -1.98. The largest absolute Gasteiger partial charge is 0.497 e. The fourth-order valence-corrected chi connectivity index (χ4v) is 3.62.